The molecule has 0 atom stereocenters. The smallest absolute Gasteiger partial charge is 0.330 e. The second-order valence-corrected chi connectivity index (χ2v) is 4.09. The molecule has 1 N–H and O–H groups in total. The maximum atomic E-state index is 9.60. The molecule has 0 heterocycles. The molecule has 0 bridgehead atoms. The van der Waals surface area contributed by atoms with Gasteiger partial charge in [0, 0.05) is 5.57 Å². The van der Waals surface area contributed by atoms with Gasteiger partial charge in [-0.25, -0.2) is 4.79 Å². The Morgan fingerprint density at radius 2 is 1.36 bits per heavy atom. The fourth-order valence-corrected chi connectivity index (χ4v) is 0. The predicted octanol–water partition coefficient (Wildman–Crippen LogP) is 2.70. The molecule has 0 saturated carbocycles. The summed E-state index contributed by atoms with van der Waals surface area (Å²) in [5.41, 5.74) is 0.676. The first kappa shape index (κ1) is 12.8. The van der Waals surface area contributed by atoms with Crippen LogP contribution in [0.5, 0.6) is 0 Å². The molecule has 0 spiro atoms. The van der Waals surface area contributed by atoms with Gasteiger partial charge in [-0.15, -0.1) is 0 Å². The van der Waals surface area contributed by atoms with Gasteiger partial charge < -0.3 is 5.11 Å². The fraction of sp³-hybridized carbons (Fsp3) is 0.667. The number of carboxylic acids is 1. The van der Waals surface area contributed by atoms with E-state index in [1.165, 1.54) is 6.92 Å². The topological polar surface area (TPSA) is 37.3 Å². The molecule has 0 aromatic carbocycles. The highest BCUT2D eigenvalue weighted by atomic mass is 16.4. The summed E-state index contributed by atoms with van der Waals surface area (Å²) >= 11 is 0. The van der Waals surface area contributed by atoms with E-state index in [2.05, 4.69) is 34.3 Å². The molecule has 0 saturated heterocycles. The first-order valence-electron chi connectivity index (χ1n) is 3.53. The first-order chi connectivity index (χ1) is 4.64. The molecular formula is C9H18O2. The molecule has 0 aromatic rings. The Kier molecular flexibility index (Phi) is 5.77. The standard InChI is InChI=1S/C5H12.C4H6O2/c1-5(2,3)4;1-3(2)4(5)6/h1-4H3;1H2,2H3,(H,5,6). The van der Waals surface area contributed by atoms with Crippen LogP contribution in [0.1, 0.15) is 34.6 Å². The van der Waals surface area contributed by atoms with Crippen LogP contribution in [0, 0.1) is 5.41 Å². The van der Waals surface area contributed by atoms with Gasteiger partial charge in [-0.1, -0.05) is 34.3 Å². The third-order valence-corrected chi connectivity index (χ3v) is 0.365. The molecule has 2 nitrogen and oxygen atoms in total. The number of hydrogen-bond acceptors (Lipinski definition) is 1. The second-order valence-electron chi connectivity index (χ2n) is 4.09. The highest BCUT2D eigenvalue weighted by molar-refractivity contribution is 5.84. The van der Waals surface area contributed by atoms with Crippen LogP contribution in [0.4, 0.5) is 0 Å². The Hall–Kier alpha value is -0.790. The average molecular weight is 158 g/mol. The average Bonchev–Trinajstić information content (AvgIpc) is 1.59. The molecule has 0 aliphatic carbocycles. The molecule has 0 aliphatic rings. The molecular weight excluding hydrogens is 140 g/mol. The van der Waals surface area contributed by atoms with Crippen LogP contribution in [0.2, 0.25) is 0 Å². The molecule has 11 heavy (non-hydrogen) atoms. The third kappa shape index (κ3) is 46.5. The van der Waals surface area contributed by atoms with Crippen molar-refractivity contribution in [1.82, 2.24) is 0 Å². The highest BCUT2D eigenvalue weighted by Gasteiger charge is 1.95. The minimum Gasteiger partial charge on any atom is -0.478 e. The van der Waals surface area contributed by atoms with Crippen molar-refractivity contribution in [3.63, 3.8) is 0 Å². The van der Waals surface area contributed by atoms with E-state index in [0.717, 1.165) is 0 Å². The van der Waals surface area contributed by atoms with Crippen molar-refractivity contribution in [3.05, 3.63) is 12.2 Å². The normalized spacial score (nSPS) is 9.55. The van der Waals surface area contributed by atoms with Gasteiger partial charge in [0.25, 0.3) is 0 Å². The van der Waals surface area contributed by atoms with Crippen molar-refractivity contribution in [1.29, 1.82) is 0 Å². The fourth-order valence-electron chi connectivity index (χ4n) is 0. The van der Waals surface area contributed by atoms with Gasteiger partial charge >= 0.3 is 5.97 Å². The molecule has 0 amide bonds. The minimum absolute atomic E-state index is 0.176. The summed E-state index contributed by atoms with van der Waals surface area (Å²) < 4.78 is 0. The van der Waals surface area contributed by atoms with E-state index in [-0.39, 0.29) is 5.57 Å². The number of carbonyl (C=O) groups is 1. The number of hydrogen-bond donors (Lipinski definition) is 1. The van der Waals surface area contributed by atoms with Crippen molar-refractivity contribution in [2.75, 3.05) is 0 Å². The lowest BCUT2D eigenvalue weighted by atomic mass is 10.0. The summed E-state index contributed by atoms with van der Waals surface area (Å²) in [5.74, 6) is -0.935. The van der Waals surface area contributed by atoms with Gasteiger partial charge in [0.15, 0.2) is 0 Å². The van der Waals surface area contributed by atoms with Crippen LogP contribution in [-0.2, 0) is 4.79 Å². The molecule has 0 radical (unpaired) electrons. The third-order valence-electron chi connectivity index (χ3n) is 0.365. The maximum Gasteiger partial charge on any atom is 0.330 e. The molecule has 0 aromatic heterocycles. The van der Waals surface area contributed by atoms with Crippen molar-refractivity contribution in [3.8, 4) is 0 Å². The zero-order valence-corrected chi connectivity index (χ0v) is 8.06. The lowest BCUT2D eigenvalue weighted by Crippen LogP contribution is -1.93. The molecule has 66 valence electrons. The SMILES string of the molecule is C=C(C)C(=O)O.CC(C)(C)C. The van der Waals surface area contributed by atoms with Gasteiger partial charge in [-0.3, -0.25) is 0 Å². The van der Waals surface area contributed by atoms with Crippen LogP contribution in [0.15, 0.2) is 12.2 Å². The number of rotatable bonds is 1. The van der Waals surface area contributed by atoms with Crippen LogP contribution < -0.4 is 0 Å². The number of aliphatic carboxylic acids is 1. The van der Waals surface area contributed by atoms with Crippen LogP contribution in [0.3, 0.4) is 0 Å². The van der Waals surface area contributed by atoms with E-state index in [4.69, 9.17) is 5.11 Å². The maximum absolute atomic E-state index is 9.60. The summed E-state index contributed by atoms with van der Waals surface area (Å²) in [6, 6.07) is 0. The summed E-state index contributed by atoms with van der Waals surface area (Å²) in [5, 5.41) is 7.89. The van der Waals surface area contributed by atoms with E-state index in [1.54, 1.807) is 0 Å². The lowest BCUT2D eigenvalue weighted by molar-refractivity contribution is -0.132. The second kappa shape index (κ2) is 4.94. The summed E-state index contributed by atoms with van der Waals surface area (Å²) in [6.07, 6.45) is 0. The van der Waals surface area contributed by atoms with Crippen molar-refractivity contribution in [2.24, 2.45) is 5.41 Å². The van der Waals surface area contributed by atoms with Crippen molar-refractivity contribution in [2.45, 2.75) is 34.6 Å². The Balaban J connectivity index is 0. The zero-order chi connectivity index (χ0) is 9.65. The molecule has 0 unspecified atom stereocenters. The number of carboxylic acid groups (broad SMARTS) is 1. The van der Waals surface area contributed by atoms with Crippen molar-refractivity contribution < 1.29 is 9.90 Å². The predicted molar refractivity (Wildman–Crippen MR) is 47.6 cm³/mol. The molecule has 2 heteroatoms. The Labute approximate surface area is 68.9 Å². The highest BCUT2D eigenvalue weighted by Crippen LogP contribution is 2.07. The Bertz CT molecular complexity index is 122. The van der Waals surface area contributed by atoms with E-state index in [0.29, 0.717) is 5.41 Å². The Morgan fingerprint density at radius 1 is 1.27 bits per heavy atom. The Morgan fingerprint density at radius 3 is 1.36 bits per heavy atom. The summed E-state index contributed by atoms with van der Waals surface area (Å²) in [7, 11) is 0. The lowest BCUT2D eigenvalue weighted by Gasteiger charge is -2.05. The van der Waals surface area contributed by atoms with E-state index >= 15 is 0 Å². The van der Waals surface area contributed by atoms with E-state index < -0.39 is 5.97 Å². The largest absolute Gasteiger partial charge is 0.478 e. The minimum atomic E-state index is -0.935. The van der Waals surface area contributed by atoms with Crippen LogP contribution in [0.25, 0.3) is 0 Å². The monoisotopic (exact) mass is 158 g/mol. The molecule has 0 aliphatic heterocycles. The zero-order valence-electron chi connectivity index (χ0n) is 8.06. The van der Waals surface area contributed by atoms with Gasteiger partial charge in [-0.2, -0.15) is 0 Å². The summed E-state index contributed by atoms with van der Waals surface area (Å²) in [4.78, 5) is 9.60. The van der Waals surface area contributed by atoms with Gasteiger partial charge in [0.2, 0.25) is 0 Å². The first-order valence-corrected chi connectivity index (χ1v) is 3.53. The van der Waals surface area contributed by atoms with Gasteiger partial charge in [-0.05, 0) is 12.3 Å². The van der Waals surface area contributed by atoms with Gasteiger partial charge in [0.1, 0.15) is 0 Å². The molecule has 0 fully saturated rings. The van der Waals surface area contributed by atoms with E-state index in [1.807, 2.05) is 0 Å². The van der Waals surface area contributed by atoms with Gasteiger partial charge in [0.05, 0.1) is 0 Å². The quantitative estimate of drug-likeness (QED) is 0.596. The van der Waals surface area contributed by atoms with Crippen molar-refractivity contribution >= 4 is 5.97 Å². The summed E-state index contributed by atoms with van der Waals surface area (Å²) in [6.45, 7) is 13.4. The van der Waals surface area contributed by atoms with E-state index in [9.17, 15) is 4.79 Å². The van der Waals surface area contributed by atoms with Crippen LogP contribution in [-0.4, -0.2) is 11.1 Å². The van der Waals surface area contributed by atoms with Crippen LogP contribution >= 0.6 is 0 Å². The molecule has 0 rings (SSSR count).